The maximum Gasteiger partial charge on any atom is 0.409 e. The number of allylic oxidation sites excluding steroid dienone is 1. The number of hydrogen-bond donors (Lipinski definition) is 2. The number of likely N-dealkylation sites (tertiary alicyclic amines) is 1. The van der Waals surface area contributed by atoms with Gasteiger partial charge in [0.2, 0.25) is 11.8 Å². The molecule has 0 saturated carbocycles. The Morgan fingerprint density at radius 2 is 2.07 bits per heavy atom. The fraction of sp³-hybridized carbons (Fsp3) is 0.474. The molecule has 2 N–H and O–H groups in total. The largest absolute Gasteiger partial charge is 0.450 e. The smallest absolute Gasteiger partial charge is 0.409 e. The van der Waals surface area contributed by atoms with Gasteiger partial charge in [-0.1, -0.05) is 6.08 Å². The second-order valence-electron chi connectivity index (χ2n) is 6.82. The van der Waals surface area contributed by atoms with E-state index < -0.39 is 17.7 Å². The Labute approximate surface area is 177 Å². The normalized spacial score (nSPS) is 18.9. The van der Waals surface area contributed by atoms with Crippen LogP contribution in [0.5, 0.6) is 0 Å². The van der Waals surface area contributed by atoms with Crippen LogP contribution < -0.4 is 10.6 Å². The number of rotatable bonds is 6. The minimum atomic E-state index is -0.967. The lowest BCUT2D eigenvalue weighted by molar-refractivity contribution is -0.128. The van der Waals surface area contributed by atoms with Crippen LogP contribution in [0.2, 0.25) is 0 Å². The number of carbonyl (C=O) groups is 4. The number of aliphatic imine (C=N–C) groups is 1. The Bertz CT molecular complexity index is 872. The summed E-state index contributed by atoms with van der Waals surface area (Å²) in [6.45, 7) is 3.18. The number of carbonyl (C=O) groups excluding carboxylic acids is 4. The molecule has 0 bridgehead atoms. The third kappa shape index (κ3) is 5.72. The highest BCUT2D eigenvalue weighted by atomic mass is 32.1. The van der Waals surface area contributed by atoms with Gasteiger partial charge in [0.1, 0.15) is 5.92 Å². The number of amides is 4. The van der Waals surface area contributed by atoms with Crippen molar-refractivity contribution in [3.8, 4) is 0 Å². The van der Waals surface area contributed by atoms with Gasteiger partial charge in [0.05, 0.1) is 18.7 Å². The van der Waals surface area contributed by atoms with E-state index in [1.807, 2.05) is 0 Å². The fourth-order valence-electron chi connectivity index (χ4n) is 3.13. The van der Waals surface area contributed by atoms with Crippen LogP contribution in [0.1, 0.15) is 25.5 Å². The van der Waals surface area contributed by atoms with Crippen LogP contribution in [0, 0.1) is 5.92 Å². The molecular formula is C19H23N5O5S. The van der Waals surface area contributed by atoms with Gasteiger partial charge in [-0.05, 0) is 25.8 Å². The monoisotopic (exact) mass is 433 g/mol. The van der Waals surface area contributed by atoms with Crippen molar-refractivity contribution >= 4 is 46.5 Å². The van der Waals surface area contributed by atoms with Gasteiger partial charge in [-0.3, -0.25) is 14.4 Å². The van der Waals surface area contributed by atoms with Crippen molar-refractivity contribution in [2.75, 3.05) is 25.0 Å². The number of nitrogens with zero attached hydrogens (tertiary/aromatic N) is 3. The highest BCUT2D eigenvalue weighted by molar-refractivity contribution is 7.14. The number of aromatic nitrogens is 1. The molecule has 11 heteroatoms. The first-order valence-electron chi connectivity index (χ1n) is 9.67. The van der Waals surface area contributed by atoms with Crippen LogP contribution in [0.4, 0.5) is 9.93 Å². The predicted octanol–water partition coefficient (Wildman–Crippen LogP) is 1.14. The molecule has 0 radical (unpaired) electrons. The van der Waals surface area contributed by atoms with E-state index in [1.54, 1.807) is 23.3 Å². The van der Waals surface area contributed by atoms with E-state index in [1.165, 1.54) is 23.6 Å². The highest BCUT2D eigenvalue weighted by Gasteiger charge is 2.26. The Hall–Kier alpha value is -3.08. The van der Waals surface area contributed by atoms with Crippen LogP contribution in [-0.4, -0.2) is 65.7 Å². The van der Waals surface area contributed by atoms with E-state index in [0.717, 1.165) is 0 Å². The first kappa shape index (κ1) is 21.6. The molecule has 1 saturated heterocycles. The molecule has 10 nitrogen and oxygen atoms in total. The Kier molecular flexibility index (Phi) is 7.28. The van der Waals surface area contributed by atoms with E-state index in [9.17, 15) is 19.2 Å². The quantitative estimate of drug-likeness (QED) is 0.647. The van der Waals surface area contributed by atoms with Crippen molar-refractivity contribution in [1.82, 2.24) is 15.2 Å². The number of hydrogen-bond acceptors (Lipinski definition) is 7. The lowest BCUT2D eigenvalue weighted by Crippen LogP contribution is -2.47. The summed E-state index contributed by atoms with van der Waals surface area (Å²) in [5, 5.41) is 7.55. The number of thiazole rings is 1. The Morgan fingerprint density at radius 1 is 1.30 bits per heavy atom. The molecule has 1 unspecified atom stereocenters. The standard InChI is InChI=1S/C19H23N5O5S/c1-2-29-19(28)24-8-5-12(6-9-24)21-15(25)10-13-11-30-18(22-13)23-17(27)14-4-3-7-20-16(14)26/h3-4,7,11-12,14H,2,5-6,8-10H2,1H3,(H,21,25)(H,22,23,27). The summed E-state index contributed by atoms with van der Waals surface area (Å²) in [5.41, 5.74) is 0.528. The first-order chi connectivity index (χ1) is 14.5. The summed E-state index contributed by atoms with van der Waals surface area (Å²) in [6, 6.07) is -0.00867. The zero-order chi connectivity index (χ0) is 21.5. The topological polar surface area (TPSA) is 130 Å². The van der Waals surface area contributed by atoms with Crippen LogP contribution in [0.15, 0.2) is 22.5 Å². The van der Waals surface area contributed by atoms with Crippen molar-refractivity contribution in [2.24, 2.45) is 10.9 Å². The minimum Gasteiger partial charge on any atom is -0.450 e. The molecule has 0 aliphatic carbocycles. The summed E-state index contributed by atoms with van der Waals surface area (Å²) in [6.07, 6.45) is 5.43. The van der Waals surface area contributed by atoms with Crippen molar-refractivity contribution in [3.05, 3.63) is 23.2 Å². The second kappa shape index (κ2) is 10.1. The van der Waals surface area contributed by atoms with Gasteiger partial charge in [0, 0.05) is 30.7 Å². The molecule has 1 aromatic rings. The summed E-state index contributed by atoms with van der Waals surface area (Å²) in [5.74, 6) is -2.18. The second-order valence-corrected chi connectivity index (χ2v) is 7.67. The lowest BCUT2D eigenvalue weighted by atomic mass is 10.1. The maximum absolute atomic E-state index is 12.3. The number of nitrogens with one attached hydrogen (secondary N) is 2. The summed E-state index contributed by atoms with van der Waals surface area (Å²) < 4.78 is 4.98. The minimum absolute atomic E-state index is 0.00867. The van der Waals surface area contributed by atoms with E-state index in [2.05, 4.69) is 20.6 Å². The maximum atomic E-state index is 12.3. The van der Waals surface area contributed by atoms with Gasteiger partial charge in [-0.2, -0.15) is 0 Å². The van der Waals surface area contributed by atoms with Gasteiger partial charge in [-0.15, -0.1) is 11.3 Å². The van der Waals surface area contributed by atoms with E-state index in [0.29, 0.717) is 43.4 Å². The number of ether oxygens (including phenoxy) is 1. The predicted molar refractivity (Wildman–Crippen MR) is 110 cm³/mol. The molecule has 4 amide bonds. The first-order valence-corrected chi connectivity index (χ1v) is 10.5. The molecule has 2 aliphatic heterocycles. The number of piperidine rings is 1. The van der Waals surface area contributed by atoms with Crippen molar-refractivity contribution in [3.63, 3.8) is 0 Å². The van der Waals surface area contributed by atoms with E-state index in [4.69, 9.17) is 4.74 Å². The van der Waals surface area contributed by atoms with Gasteiger partial charge >= 0.3 is 6.09 Å². The molecule has 160 valence electrons. The third-order valence-corrected chi connectivity index (χ3v) is 5.46. The molecule has 1 aromatic heterocycles. The van der Waals surface area contributed by atoms with Gasteiger partial charge < -0.3 is 20.3 Å². The van der Waals surface area contributed by atoms with Crippen molar-refractivity contribution in [1.29, 1.82) is 0 Å². The molecule has 0 aromatic carbocycles. The summed E-state index contributed by atoms with van der Waals surface area (Å²) >= 11 is 1.18. The van der Waals surface area contributed by atoms with Crippen LogP contribution >= 0.6 is 11.3 Å². The van der Waals surface area contributed by atoms with Crippen LogP contribution in [0.25, 0.3) is 0 Å². The molecule has 2 aliphatic rings. The Balaban J connectivity index is 1.43. The SMILES string of the molecule is CCOC(=O)N1CCC(NC(=O)Cc2csc(NC(=O)C3C=CC=NC3=O)n2)CC1. The van der Waals surface area contributed by atoms with Gasteiger partial charge in [0.25, 0.3) is 5.91 Å². The highest BCUT2D eigenvalue weighted by Crippen LogP contribution is 2.18. The molecule has 0 spiro atoms. The van der Waals surface area contributed by atoms with Gasteiger partial charge in [0.15, 0.2) is 5.13 Å². The van der Waals surface area contributed by atoms with E-state index in [-0.39, 0.29) is 24.5 Å². The Morgan fingerprint density at radius 3 is 2.77 bits per heavy atom. The van der Waals surface area contributed by atoms with Gasteiger partial charge in [-0.25, -0.2) is 14.8 Å². The van der Waals surface area contributed by atoms with Crippen LogP contribution in [0.3, 0.4) is 0 Å². The zero-order valence-electron chi connectivity index (χ0n) is 16.5. The number of anilines is 1. The fourth-order valence-corrected chi connectivity index (χ4v) is 3.85. The summed E-state index contributed by atoms with van der Waals surface area (Å²) in [4.78, 5) is 57.3. The lowest BCUT2D eigenvalue weighted by Gasteiger charge is -2.31. The third-order valence-electron chi connectivity index (χ3n) is 4.65. The zero-order valence-corrected chi connectivity index (χ0v) is 17.3. The average Bonchev–Trinajstić information content (AvgIpc) is 3.15. The molecule has 1 fully saturated rings. The van der Waals surface area contributed by atoms with E-state index >= 15 is 0 Å². The molecule has 30 heavy (non-hydrogen) atoms. The molecule has 3 heterocycles. The number of dihydropyridines is 1. The molecule has 1 atom stereocenters. The summed E-state index contributed by atoms with van der Waals surface area (Å²) in [7, 11) is 0. The van der Waals surface area contributed by atoms with Crippen molar-refractivity contribution < 1.29 is 23.9 Å². The van der Waals surface area contributed by atoms with Crippen molar-refractivity contribution in [2.45, 2.75) is 32.2 Å². The molecule has 3 rings (SSSR count). The average molecular weight is 433 g/mol. The van der Waals surface area contributed by atoms with Crippen LogP contribution in [-0.2, 0) is 25.5 Å². The molecular weight excluding hydrogens is 410 g/mol.